The molecule has 10 nitrogen and oxygen atoms in total. The zero-order chi connectivity index (χ0) is 16.4. The van der Waals surface area contributed by atoms with Crippen LogP contribution in [0.1, 0.15) is 0 Å². The molecule has 3 rings (SSSR count). The highest BCUT2D eigenvalue weighted by Crippen LogP contribution is 2.19. The van der Waals surface area contributed by atoms with Gasteiger partial charge in [-0.2, -0.15) is 0 Å². The van der Waals surface area contributed by atoms with Crippen LogP contribution in [0.25, 0.3) is 11.3 Å². The van der Waals surface area contributed by atoms with Crippen LogP contribution >= 0.6 is 0 Å². The second kappa shape index (κ2) is 5.77. The molecule has 1 unspecified atom stereocenters. The summed E-state index contributed by atoms with van der Waals surface area (Å²) in [5.74, 6) is -1.64. The van der Waals surface area contributed by atoms with Crippen molar-refractivity contribution >= 4 is 17.4 Å². The number of hydrogen-bond donors (Lipinski definition) is 7. The van der Waals surface area contributed by atoms with Crippen molar-refractivity contribution in [2.75, 3.05) is 5.32 Å². The highest BCUT2D eigenvalue weighted by molar-refractivity contribution is 6.24. The van der Waals surface area contributed by atoms with E-state index >= 15 is 0 Å². The number of aromatic nitrogens is 3. The van der Waals surface area contributed by atoms with Crippen LogP contribution in [-0.2, 0) is 4.79 Å². The third kappa shape index (κ3) is 2.96. The Kier molecular flexibility index (Phi) is 3.65. The van der Waals surface area contributed by atoms with Gasteiger partial charge in [0, 0.05) is 11.3 Å². The van der Waals surface area contributed by atoms with Gasteiger partial charge in [0.1, 0.15) is 11.4 Å². The molecule has 1 aromatic heterocycles. The Bertz CT molecular complexity index is 767. The standard InChI is InChI=1S/C13H13N7O3/c14-10(9-11(21)17-13(23)18-12(9)22)16-7-3-1-6(2-4-7)8-5-15-20-19-8/h1-5,13,17,21,23H,(H2,14,16)(H,18,22)(H,15,19,20). The molecule has 0 aliphatic carbocycles. The predicted octanol–water partition coefficient (Wildman–Crippen LogP) is -0.374. The van der Waals surface area contributed by atoms with E-state index in [0.29, 0.717) is 5.69 Å². The Balaban J connectivity index is 1.75. The average Bonchev–Trinajstić information content (AvgIpc) is 3.01. The molecule has 10 heteroatoms. The SMILES string of the molecule is N=C(Nc1ccc(-c2cnn[nH]2)cc1)C1=C(O)NC(O)NC1=O. The van der Waals surface area contributed by atoms with Gasteiger partial charge in [-0.1, -0.05) is 17.3 Å². The van der Waals surface area contributed by atoms with Crippen LogP contribution in [0.4, 0.5) is 5.69 Å². The first-order valence-corrected chi connectivity index (χ1v) is 6.56. The Morgan fingerprint density at radius 2 is 2.00 bits per heavy atom. The van der Waals surface area contributed by atoms with Gasteiger partial charge in [-0.05, 0) is 12.1 Å². The molecule has 7 N–H and O–H groups in total. The van der Waals surface area contributed by atoms with E-state index in [2.05, 4.69) is 31.4 Å². The lowest BCUT2D eigenvalue weighted by atomic mass is 10.1. The number of amidine groups is 1. The fourth-order valence-electron chi connectivity index (χ4n) is 2.05. The van der Waals surface area contributed by atoms with E-state index in [4.69, 9.17) is 5.41 Å². The summed E-state index contributed by atoms with van der Waals surface area (Å²) in [4.78, 5) is 11.7. The first-order valence-electron chi connectivity index (χ1n) is 6.56. The number of amides is 1. The number of carbonyl (C=O) groups is 1. The lowest BCUT2D eigenvalue weighted by molar-refractivity contribution is -0.121. The van der Waals surface area contributed by atoms with Gasteiger partial charge in [0.25, 0.3) is 5.91 Å². The minimum Gasteiger partial charge on any atom is -0.494 e. The van der Waals surface area contributed by atoms with Crippen LogP contribution in [0.15, 0.2) is 41.9 Å². The maximum Gasteiger partial charge on any atom is 0.263 e. The number of aromatic amines is 1. The number of anilines is 1. The molecule has 2 aromatic rings. The van der Waals surface area contributed by atoms with Gasteiger partial charge in [-0.3, -0.25) is 15.3 Å². The molecular weight excluding hydrogens is 302 g/mol. The molecule has 1 aliphatic rings. The molecule has 0 radical (unpaired) electrons. The van der Waals surface area contributed by atoms with Crippen molar-refractivity contribution in [1.82, 2.24) is 26.0 Å². The Morgan fingerprint density at radius 1 is 1.26 bits per heavy atom. The predicted molar refractivity (Wildman–Crippen MR) is 80.1 cm³/mol. The largest absolute Gasteiger partial charge is 0.494 e. The Labute approximate surface area is 129 Å². The Hall–Kier alpha value is -3.40. The van der Waals surface area contributed by atoms with Gasteiger partial charge in [-0.25, -0.2) is 0 Å². The normalized spacial score (nSPS) is 17.4. The second-order valence-corrected chi connectivity index (χ2v) is 4.69. The Morgan fingerprint density at radius 3 is 2.61 bits per heavy atom. The van der Waals surface area contributed by atoms with Crippen LogP contribution < -0.4 is 16.0 Å². The summed E-state index contributed by atoms with van der Waals surface area (Å²) in [5, 5.41) is 43.9. The third-order valence-corrected chi connectivity index (χ3v) is 3.14. The number of hydrogen-bond acceptors (Lipinski definition) is 7. The lowest BCUT2D eigenvalue weighted by Crippen LogP contribution is -2.52. The minimum atomic E-state index is -1.39. The molecule has 1 aliphatic heterocycles. The summed E-state index contributed by atoms with van der Waals surface area (Å²) in [6.07, 6.45) is 0.192. The van der Waals surface area contributed by atoms with E-state index in [1.165, 1.54) is 0 Å². The highest BCUT2D eigenvalue weighted by Gasteiger charge is 2.28. The summed E-state index contributed by atoms with van der Waals surface area (Å²) < 4.78 is 0. The molecule has 1 amide bonds. The number of nitrogens with one attached hydrogen (secondary N) is 5. The van der Waals surface area contributed by atoms with Crippen molar-refractivity contribution in [3.05, 3.63) is 41.9 Å². The zero-order valence-corrected chi connectivity index (χ0v) is 11.7. The molecule has 0 saturated heterocycles. The number of aliphatic hydroxyl groups is 2. The minimum absolute atomic E-state index is 0.294. The van der Waals surface area contributed by atoms with E-state index in [-0.39, 0.29) is 11.4 Å². The third-order valence-electron chi connectivity index (χ3n) is 3.14. The molecule has 1 atom stereocenters. The monoisotopic (exact) mass is 315 g/mol. The van der Waals surface area contributed by atoms with Crippen molar-refractivity contribution in [1.29, 1.82) is 5.41 Å². The summed E-state index contributed by atoms with van der Waals surface area (Å²) in [7, 11) is 0. The molecule has 2 heterocycles. The van der Waals surface area contributed by atoms with Gasteiger partial charge < -0.3 is 26.2 Å². The molecule has 1 aromatic carbocycles. The van der Waals surface area contributed by atoms with Gasteiger partial charge in [-0.15, -0.1) is 5.10 Å². The average molecular weight is 315 g/mol. The van der Waals surface area contributed by atoms with Crippen molar-refractivity contribution in [2.24, 2.45) is 0 Å². The van der Waals surface area contributed by atoms with Gasteiger partial charge in [0.15, 0.2) is 0 Å². The molecule has 0 saturated carbocycles. The van der Waals surface area contributed by atoms with Gasteiger partial charge in [0.05, 0.1) is 11.9 Å². The van der Waals surface area contributed by atoms with Crippen LogP contribution in [0.3, 0.4) is 0 Å². The van der Waals surface area contributed by atoms with Crippen LogP contribution in [-0.4, -0.2) is 43.7 Å². The zero-order valence-electron chi connectivity index (χ0n) is 11.7. The number of rotatable bonds is 3. The molecular formula is C13H13N7O3. The smallest absolute Gasteiger partial charge is 0.263 e. The van der Waals surface area contributed by atoms with Gasteiger partial charge >= 0.3 is 0 Å². The number of carbonyl (C=O) groups excluding carboxylic acids is 1. The van der Waals surface area contributed by atoms with E-state index in [1.807, 2.05) is 0 Å². The van der Waals surface area contributed by atoms with Crippen molar-refractivity contribution in [2.45, 2.75) is 6.35 Å². The molecule has 118 valence electrons. The maximum atomic E-state index is 11.7. The molecule has 0 fully saturated rings. The first-order chi connectivity index (χ1) is 11.0. The van der Waals surface area contributed by atoms with E-state index in [9.17, 15) is 15.0 Å². The summed E-state index contributed by atoms with van der Waals surface area (Å²) in [6.45, 7) is 0. The quantitative estimate of drug-likeness (QED) is 0.300. The highest BCUT2D eigenvalue weighted by atomic mass is 16.3. The van der Waals surface area contributed by atoms with Crippen molar-refractivity contribution in [3.8, 4) is 11.3 Å². The number of aliphatic hydroxyl groups excluding tert-OH is 2. The van der Waals surface area contributed by atoms with E-state index in [0.717, 1.165) is 11.3 Å². The van der Waals surface area contributed by atoms with E-state index < -0.39 is 18.1 Å². The van der Waals surface area contributed by atoms with E-state index in [1.54, 1.807) is 30.5 Å². The van der Waals surface area contributed by atoms with Gasteiger partial charge in [0.2, 0.25) is 12.2 Å². The summed E-state index contributed by atoms with van der Waals surface area (Å²) in [5.41, 5.74) is 1.86. The van der Waals surface area contributed by atoms with Crippen molar-refractivity contribution in [3.63, 3.8) is 0 Å². The number of benzene rings is 1. The summed E-state index contributed by atoms with van der Waals surface area (Å²) in [6, 6.07) is 6.96. The molecule has 23 heavy (non-hydrogen) atoms. The first kappa shape index (κ1) is 14.5. The molecule has 0 bridgehead atoms. The number of H-pyrrole nitrogens is 1. The van der Waals surface area contributed by atoms with Crippen LogP contribution in [0.2, 0.25) is 0 Å². The second-order valence-electron chi connectivity index (χ2n) is 4.69. The van der Waals surface area contributed by atoms with Crippen LogP contribution in [0, 0.1) is 5.41 Å². The summed E-state index contributed by atoms with van der Waals surface area (Å²) >= 11 is 0. The topological polar surface area (TPSA) is 159 Å². The fraction of sp³-hybridized carbons (Fsp3) is 0.0769. The van der Waals surface area contributed by atoms with Crippen LogP contribution in [0.5, 0.6) is 0 Å². The van der Waals surface area contributed by atoms with Crippen molar-refractivity contribution < 1.29 is 15.0 Å². The lowest BCUT2D eigenvalue weighted by Gasteiger charge is -2.23. The number of nitrogens with zero attached hydrogens (tertiary/aromatic N) is 2. The molecule has 0 spiro atoms. The fourth-order valence-corrected chi connectivity index (χ4v) is 2.05. The maximum absolute atomic E-state index is 11.7.